The van der Waals surface area contributed by atoms with Crippen LogP contribution in [0.2, 0.25) is 0 Å². The van der Waals surface area contributed by atoms with E-state index in [1.807, 2.05) is 26.0 Å². The van der Waals surface area contributed by atoms with Crippen LogP contribution in [0, 0.1) is 19.3 Å². The number of benzene rings is 1. The molecule has 2 rings (SSSR count). The first kappa shape index (κ1) is 14.6. The predicted molar refractivity (Wildman–Crippen MR) is 76.8 cm³/mol. The average Bonchev–Trinajstić information content (AvgIpc) is 2.86. The first-order valence-corrected chi connectivity index (χ1v) is 7.03. The molecule has 0 aliphatic heterocycles. The predicted octanol–water partition coefficient (Wildman–Crippen LogP) is 2.68. The van der Waals surface area contributed by atoms with Gasteiger partial charge in [-0.05, 0) is 38.3 Å². The van der Waals surface area contributed by atoms with Crippen molar-refractivity contribution in [1.82, 2.24) is 5.32 Å². The normalized spacial score (nSPS) is 16.9. The molecule has 0 unspecified atom stereocenters. The fourth-order valence-corrected chi connectivity index (χ4v) is 2.93. The van der Waals surface area contributed by atoms with Crippen LogP contribution < -0.4 is 5.32 Å². The summed E-state index contributed by atoms with van der Waals surface area (Å²) in [4.78, 5) is 23.6. The van der Waals surface area contributed by atoms with E-state index in [4.69, 9.17) is 0 Å². The number of hydrogen-bond acceptors (Lipinski definition) is 2. The van der Waals surface area contributed by atoms with Crippen molar-refractivity contribution in [3.05, 3.63) is 34.9 Å². The van der Waals surface area contributed by atoms with E-state index in [0.717, 1.165) is 24.0 Å². The maximum absolute atomic E-state index is 12.2. The Morgan fingerprint density at radius 3 is 2.45 bits per heavy atom. The van der Waals surface area contributed by atoms with Gasteiger partial charge in [0.2, 0.25) is 0 Å². The second-order valence-electron chi connectivity index (χ2n) is 5.79. The highest BCUT2D eigenvalue weighted by Gasteiger charge is 2.41. The van der Waals surface area contributed by atoms with Gasteiger partial charge in [-0.1, -0.05) is 30.5 Å². The molecule has 1 aromatic rings. The highest BCUT2D eigenvalue weighted by molar-refractivity contribution is 5.96. The van der Waals surface area contributed by atoms with Crippen LogP contribution in [0.25, 0.3) is 0 Å². The second kappa shape index (κ2) is 5.65. The molecule has 1 aliphatic rings. The van der Waals surface area contributed by atoms with E-state index in [2.05, 4.69) is 5.32 Å². The van der Waals surface area contributed by atoms with E-state index in [0.29, 0.717) is 18.4 Å². The van der Waals surface area contributed by atoms with E-state index in [1.165, 1.54) is 0 Å². The second-order valence-corrected chi connectivity index (χ2v) is 5.79. The molecule has 1 saturated carbocycles. The average molecular weight is 275 g/mol. The lowest BCUT2D eigenvalue weighted by molar-refractivity contribution is -0.148. The number of aliphatic carboxylic acids is 1. The molecule has 20 heavy (non-hydrogen) atoms. The molecule has 0 heterocycles. The Bertz CT molecular complexity index is 531. The van der Waals surface area contributed by atoms with Crippen LogP contribution in [0.1, 0.15) is 47.2 Å². The molecule has 0 aromatic heterocycles. The minimum absolute atomic E-state index is 0.185. The zero-order valence-electron chi connectivity index (χ0n) is 12.0. The maximum atomic E-state index is 12.2. The van der Waals surface area contributed by atoms with Crippen LogP contribution in [0.5, 0.6) is 0 Å². The third-order valence-electron chi connectivity index (χ3n) is 4.23. The molecule has 0 radical (unpaired) electrons. The maximum Gasteiger partial charge on any atom is 0.311 e. The molecule has 4 heteroatoms. The molecule has 108 valence electrons. The summed E-state index contributed by atoms with van der Waals surface area (Å²) in [5, 5.41) is 12.2. The molecular weight excluding hydrogens is 254 g/mol. The molecule has 1 aliphatic carbocycles. The van der Waals surface area contributed by atoms with E-state index in [-0.39, 0.29) is 12.5 Å². The number of aryl methyl sites for hydroxylation is 2. The lowest BCUT2D eigenvalue weighted by Crippen LogP contribution is -2.41. The number of amides is 1. The largest absolute Gasteiger partial charge is 0.481 e. The van der Waals surface area contributed by atoms with E-state index in [9.17, 15) is 14.7 Å². The van der Waals surface area contributed by atoms with Crippen molar-refractivity contribution in [1.29, 1.82) is 0 Å². The van der Waals surface area contributed by atoms with Crippen LogP contribution in [0.15, 0.2) is 18.2 Å². The number of carboxylic acid groups (broad SMARTS) is 1. The van der Waals surface area contributed by atoms with Crippen molar-refractivity contribution in [3.63, 3.8) is 0 Å². The zero-order valence-corrected chi connectivity index (χ0v) is 12.0. The standard InChI is InChI=1S/C16H21NO3/c1-11-5-6-13(12(2)9-11)14(18)17-10-16(15(19)20)7-3-4-8-16/h5-6,9H,3-4,7-8,10H2,1-2H3,(H,17,18)(H,19,20). The van der Waals surface area contributed by atoms with Gasteiger partial charge in [-0.3, -0.25) is 9.59 Å². The molecule has 2 N–H and O–H groups in total. The Hall–Kier alpha value is -1.84. The topological polar surface area (TPSA) is 66.4 Å². The van der Waals surface area contributed by atoms with E-state index in [1.54, 1.807) is 6.07 Å². The molecular formula is C16H21NO3. The minimum Gasteiger partial charge on any atom is -0.481 e. The van der Waals surface area contributed by atoms with E-state index >= 15 is 0 Å². The van der Waals surface area contributed by atoms with Crippen LogP contribution >= 0.6 is 0 Å². The van der Waals surface area contributed by atoms with Crippen LogP contribution in [-0.4, -0.2) is 23.5 Å². The fraction of sp³-hybridized carbons (Fsp3) is 0.500. The van der Waals surface area contributed by atoms with Gasteiger partial charge in [-0.25, -0.2) is 0 Å². The highest BCUT2D eigenvalue weighted by Crippen LogP contribution is 2.37. The number of hydrogen-bond donors (Lipinski definition) is 2. The summed E-state index contributed by atoms with van der Waals surface area (Å²) >= 11 is 0. The summed E-state index contributed by atoms with van der Waals surface area (Å²) in [5.74, 6) is -0.981. The third-order valence-corrected chi connectivity index (χ3v) is 4.23. The summed E-state index contributed by atoms with van der Waals surface area (Å²) in [5.41, 5.74) is 1.87. The van der Waals surface area contributed by atoms with Gasteiger partial charge >= 0.3 is 5.97 Å². The Labute approximate surface area is 119 Å². The summed E-state index contributed by atoms with van der Waals surface area (Å²) in [7, 11) is 0. The minimum atomic E-state index is -0.795. The van der Waals surface area contributed by atoms with Crippen LogP contribution in [0.3, 0.4) is 0 Å². The number of carbonyl (C=O) groups excluding carboxylic acids is 1. The number of carboxylic acids is 1. The third kappa shape index (κ3) is 2.84. The van der Waals surface area contributed by atoms with Crippen LogP contribution in [0.4, 0.5) is 0 Å². The van der Waals surface area contributed by atoms with Gasteiger partial charge in [-0.15, -0.1) is 0 Å². The molecule has 0 spiro atoms. The monoisotopic (exact) mass is 275 g/mol. The molecule has 1 amide bonds. The number of nitrogens with one attached hydrogen (secondary N) is 1. The SMILES string of the molecule is Cc1ccc(C(=O)NCC2(C(=O)O)CCCC2)c(C)c1. The number of carbonyl (C=O) groups is 2. The first-order valence-electron chi connectivity index (χ1n) is 7.03. The summed E-state index contributed by atoms with van der Waals surface area (Å²) in [6, 6.07) is 5.64. The molecule has 1 fully saturated rings. The van der Waals surface area contributed by atoms with Gasteiger partial charge in [0.1, 0.15) is 0 Å². The van der Waals surface area contributed by atoms with Gasteiger partial charge in [0.15, 0.2) is 0 Å². The van der Waals surface area contributed by atoms with E-state index < -0.39 is 11.4 Å². The molecule has 0 atom stereocenters. The van der Waals surface area contributed by atoms with Crippen molar-refractivity contribution in [3.8, 4) is 0 Å². The Balaban J connectivity index is 2.06. The molecule has 0 bridgehead atoms. The van der Waals surface area contributed by atoms with Gasteiger partial charge in [0, 0.05) is 12.1 Å². The number of rotatable bonds is 4. The van der Waals surface area contributed by atoms with Crippen LogP contribution in [-0.2, 0) is 4.79 Å². The lowest BCUT2D eigenvalue weighted by Gasteiger charge is -2.24. The smallest absolute Gasteiger partial charge is 0.311 e. The van der Waals surface area contributed by atoms with Crippen molar-refractivity contribution in [2.24, 2.45) is 5.41 Å². The quantitative estimate of drug-likeness (QED) is 0.887. The first-order chi connectivity index (χ1) is 9.44. The summed E-state index contributed by atoms with van der Waals surface area (Å²) in [6.07, 6.45) is 3.14. The van der Waals surface area contributed by atoms with Crippen molar-refractivity contribution >= 4 is 11.9 Å². The Kier molecular flexibility index (Phi) is 4.12. The van der Waals surface area contributed by atoms with Gasteiger partial charge in [0.25, 0.3) is 5.91 Å². The lowest BCUT2D eigenvalue weighted by atomic mass is 9.86. The van der Waals surface area contributed by atoms with Crippen molar-refractivity contribution in [2.45, 2.75) is 39.5 Å². The summed E-state index contributed by atoms with van der Waals surface area (Å²) in [6.45, 7) is 4.09. The fourth-order valence-electron chi connectivity index (χ4n) is 2.93. The zero-order chi connectivity index (χ0) is 14.8. The van der Waals surface area contributed by atoms with Crippen molar-refractivity contribution in [2.75, 3.05) is 6.54 Å². The Morgan fingerprint density at radius 1 is 1.25 bits per heavy atom. The molecule has 0 saturated heterocycles. The van der Waals surface area contributed by atoms with Crippen molar-refractivity contribution < 1.29 is 14.7 Å². The summed E-state index contributed by atoms with van der Waals surface area (Å²) < 4.78 is 0. The van der Waals surface area contributed by atoms with Gasteiger partial charge in [0.05, 0.1) is 5.41 Å². The molecule has 4 nitrogen and oxygen atoms in total. The van der Waals surface area contributed by atoms with Gasteiger partial charge in [-0.2, -0.15) is 0 Å². The Morgan fingerprint density at radius 2 is 1.90 bits per heavy atom. The highest BCUT2D eigenvalue weighted by atomic mass is 16.4. The van der Waals surface area contributed by atoms with Gasteiger partial charge < -0.3 is 10.4 Å². The molecule has 1 aromatic carbocycles.